The van der Waals surface area contributed by atoms with Crippen LogP contribution in [0.1, 0.15) is 12.0 Å². The highest BCUT2D eigenvalue weighted by Gasteiger charge is 2.34. The third-order valence-electron chi connectivity index (χ3n) is 3.25. The van der Waals surface area contributed by atoms with Crippen molar-refractivity contribution in [1.29, 1.82) is 5.26 Å². The molecule has 9 heteroatoms. The number of anilines is 2. The van der Waals surface area contributed by atoms with E-state index in [9.17, 15) is 13.2 Å². The molecule has 2 rings (SSSR count). The van der Waals surface area contributed by atoms with Crippen LogP contribution in [0.5, 0.6) is 0 Å². The van der Waals surface area contributed by atoms with Crippen LogP contribution >= 0.6 is 11.6 Å². The van der Waals surface area contributed by atoms with Gasteiger partial charge in [-0.2, -0.15) is 5.26 Å². The number of sulfonamides is 1. The van der Waals surface area contributed by atoms with Gasteiger partial charge in [0.15, 0.2) is 0 Å². The van der Waals surface area contributed by atoms with E-state index >= 15 is 0 Å². The number of hydrogen-bond acceptors (Lipinski definition) is 5. The number of nitrogens with two attached hydrogens (primary N) is 2. The van der Waals surface area contributed by atoms with Crippen molar-refractivity contribution in [3.05, 3.63) is 22.7 Å². The molecule has 0 aliphatic carbocycles. The van der Waals surface area contributed by atoms with Crippen LogP contribution < -0.4 is 15.8 Å². The first-order valence-corrected chi connectivity index (χ1v) is 8.11. The van der Waals surface area contributed by atoms with Gasteiger partial charge in [0, 0.05) is 18.9 Å². The molecule has 1 aliphatic heterocycles. The molecule has 1 heterocycles. The van der Waals surface area contributed by atoms with Gasteiger partial charge in [-0.3, -0.25) is 4.79 Å². The smallest absolute Gasteiger partial charge is 0.227 e. The molecule has 21 heavy (non-hydrogen) atoms. The highest BCUT2D eigenvalue weighted by molar-refractivity contribution is 7.89. The largest absolute Gasteiger partial charge is 0.396 e. The van der Waals surface area contributed by atoms with Crippen molar-refractivity contribution in [2.75, 3.05) is 22.9 Å². The maximum absolute atomic E-state index is 12.0. The average Bonchev–Trinajstić information content (AvgIpc) is 2.68. The van der Waals surface area contributed by atoms with Crippen LogP contribution in [0.2, 0.25) is 5.02 Å². The van der Waals surface area contributed by atoms with Crippen LogP contribution in [-0.4, -0.2) is 26.6 Å². The van der Waals surface area contributed by atoms with Gasteiger partial charge in [-0.05, 0) is 12.1 Å². The molecule has 112 valence electrons. The lowest BCUT2D eigenvalue weighted by atomic mass is 10.1. The summed E-state index contributed by atoms with van der Waals surface area (Å²) < 4.78 is 22.2. The third kappa shape index (κ3) is 3.26. The predicted molar refractivity (Wildman–Crippen MR) is 79.0 cm³/mol. The molecule has 4 N–H and O–H groups in total. The highest BCUT2D eigenvalue weighted by Crippen LogP contribution is 2.35. The lowest BCUT2D eigenvalue weighted by Crippen LogP contribution is -2.28. The summed E-state index contributed by atoms with van der Waals surface area (Å²) in [4.78, 5) is 13.4. The highest BCUT2D eigenvalue weighted by atomic mass is 35.5. The number of benzene rings is 1. The van der Waals surface area contributed by atoms with Gasteiger partial charge in [-0.15, -0.1) is 0 Å². The van der Waals surface area contributed by atoms with Gasteiger partial charge in [0.05, 0.1) is 27.7 Å². The molecule has 0 saturated carbocycles. The summed E-state index contributed by atoms with van der Waals surface area (Å²) in [5.41, 5.74) is 6.43. The molecular formula is C12H13ClN4O3S. The first kappa shape index (κ1) is 15.6. The normalized spacial score (nSPS) is 18.8. The minimum atomic E-state index is -3.65. The Hall–Kier alpha value is -1.82. The van der Waals surface area contributed by atoms with Crippen molar-refractivity contribution in [3.8, 4) is 6.07 Å². The quantitative estimate of drug-likeness (QED) is 0.777. The summed E-state index contributed by atoms with van der Waals surface area (Å²) in [6, 6.07) is 4.90. The van der Waals surface area contributed by atoms with Crippen LogP contribution in [0.4, 0.5) is 11.4 Å². The van der Waals surface area contributed by atoms with E-state index in [0.29, 0.717) is 5.69 Å². The SMILES string of the molecule is N#Cc1c(Cl)ccc(N2CC(CS(N)(=O)=O)CC2=O)c1N. The Balaban J connectivity index is 2.32. The minimum Gasteiger partial charge on any atom is -0.396 e. The molecule has 1 saturated heterocycles. The zero-order chi connectivity index (χ0) is 15.8. The molecule has 1 unspecified atom stereocenters. The average molecular weight is 329 g/mol. The summed E-state index contributed by atoms with van der Waals surface area (Å²) in [5.74, 6) is -0.928. The number of nitrogens with zero attached hydrogens (tertiary/aromatic N) is 2. The summed E-state index contributed by atoms with van der Waals surface area (Å²) in [6.45, 7) is 0.186. The van der Waals surface area contributed by atoms with Crippen molar-refractivity contribution < 1.29 is 13.2 Å². The maximum Gasteiger partial charge on any atom is 0.227 e. The minimum absolute atomic E-state index is 0.0698. The van der Waals surface area contributed by atoms with Crippen molar-refractivity contribution in [1.82, 2.24) is 0 Å². The molecule has 1 aromatic carbocycles. The Morgan fingerprint density at radius 2 is 2.14 bits per heavy atom. The van der Waals surface area contributed by atoms with Gasteiger partial charge < -0.3 is 10.6 Å². The standard InChI is InChI=1S/C12H13ClN4O3S/c13-9-1-2-10(12(15)8(9)4-14)17-5-7(3-11(17)18)6-21(16,19)20/h1-2,7H,3,5-6,15H2,(H2,16,19,20). The van der Waals surface area contributed by atoms with Gasteiger partial charge in [-0.1, -0.05) is 11.6 Å². The molecule has 7 nitrogen and oxygen atoms in total. The Kier molecular flexibility index (Phi) is 4.09. The fourth-order valence-corrected chi connectivity index (χ4v) is 3.47. The van der Waals surface area contributed by atoms with E-state index in [1.807, 2.05) is 6.07 Å². The molecule has 0 bridgehead atoms. The number of carbonyl (C=O) groups is 1. The first-order chi connectivity index (χ1) is 9.73. The van der Waals surface area contributed by atoms with Gasteiger partial charge >= 0.3 is 0 Å². The second kappa shape index (κ2) is 5.52. The molecule has 1 aliphatic rings. The molecule has 0 spiro atoms. The second-order valence-electron chi connectivity index (χ2n) is 4.87. The molecule has 1 amide bonds. The number of carbonyl (C=O) groups excluding carboxylic acids is 1. The summed E-state index contributed by atoms with van der Waals surface area (Å²) in [6.07, 6.45) is 0.0698. The number of amides is 1. The van der Waals surface area contributed by atoms with Crippen molar-refractivity contribution in [3.63, 3.8) is 0 Å². The van der Waals surface area contributed by atoms with E-state index in [1.165, 1.54) is 17.0 Å². The van der Waals surface area contributed by atoms with Crippen LogP contribution in [0.3, 0.4) is 0 Å². The van der Waals surface area contributed by atoms with Crippen molar-refractivity contribution in [2.24, 2.45) is 11.1 Å². The van der Waals surface area contributed by atoms with Crippen LogP contribution in [0, 0.1) is 17.2 Å². The van der Waals surface area contributed by atoms with Crippen molar-refractivity contribution in [2.45, 2.75) is 6.42 Å². The topological polar surface area (TPSA) is 130 Å². The van der Waals surface area contributed by atoms with Gasteiger partial charge in [0.25, 0.3) is 0 Å². The Bertz CT molecular complexity index is 742. The van der Waals surface area contributed by atoms with E-state index in [1.54, 1.807) is 0 Å². The summed E-state index contributed by atoms with van der Waals surface area (Å²) >= 11 is 5.86. The number of hydrogen-bond donors (Lipinski definition) is 2. The number of nitrogen functional groups attached to an aromatic ring is 1. The van der Waals surface area contributed by atoms with E-state index < -0.39 is 15.9 Å². The monoisotopic (exact) mass is 328 g/mol. The van der Waals surface area contributed by atoms with Crippen LogP contribution in [0.25, 0.3) is 0 Å². The molecule has 1 atom stereocenters. The maximum atomic E-state index is 12.0. The van der Waals surface area contributed by atoms with E-state index in [4.69, 9.17) is 27.7 Å². The number of rotatable bonds is 3. The van der Waals surface area contributed by atoms with Gasteiger partial charge in [-0.25, -0.2) is 13.6 Å². The van der Waals surface area contributed by atoms with E-state index in [-0.39, 0.29) is 40.9 Å². The predicted octanol–water partition coefficient (Wildman–Crippen LogP) is 0.435. The molecular weight excluding hydrogens is 316 g/mol. The van der Waals surface area contributed by atoms with Gasteiger partial charge in [0.2, 0.25) is 15.9 Å². The summed E-state index contributed by atoms with van der Waals surface area (Å²) in [7, 11) is -3.65. The molecule has 0 aromatic heterocycles. The van der Waals surface area contributed by atoms with Crippen LogP contribution in [-0.2, 0) is 14.8 Å². The third-order valence-corrected chi connectivity index (χ3v) is 4.50. The molecule has 0 radical (unpaired) electrons. The fraction of sp³-hybridized carbons (Fsp3) is 0.333. The van der Waals surface area contributed by atoms with Crippen molar-refractivity contribution >= 4 is 38.9 Å². The lowest BCUT2D eigenvalue weighted by molar-refractivity contribution is -0.117. The molecule has 1 fully saturated rings. The summed E-state index contributed by atoms with van der Waals surface area (Å²) in [5, 5.41) is 14.2. The Labute approximate surface area is 127 Å². The van der Waals surface area contributed by atoms with E-state index in [2.05, 4.69) is 0 Å². The number of primary sulfonamides is 1. The Morgan fingerprint density at radius 3 is 2.71 bits per heavy atom. The van der Waals surface area contributed by atoms with Crippen LogP contribution in [0.15, 0.2) is 12.1 Å². The van der Waals surface area contributed by atoms with Gasteiger partial charge in [0.1, 0.15) is 6.07 Å². The second-order valence-corrected chi connectivity index (χ2v) is 6.94. The first-order valence-electron chi connectivity index (χ1n) is 6.02. The number of nitriles is 1. The zero-order valence-corrected chi connectivity index (χ0v) is 12.5. The fourth-order valence-electron chi connectivity index (χ4n) is 2.39. The van der Waals surface area contributed by atoms with E-state index in [0.717, 1.165) is 0 Å². The Morgan fingerprint density at radius 1 is 1.48 bits per heavy atom. The number of halogens is 1. The zero-order valence-electron chi connectivity index (χ0n) is 10.9. The lowest BCUT2D eigenvalue weighted by Gasteiger charge is -2.19. The molecule has 1 aromatic rings.